The number of amides is 2. The molecule has 2 amide bonds. The molecule has 10 heteroatoms. The van der Waals surface area contributed by atoms with Gasteiger partial charge in [0.25, 0.3) is 11.8 Å². The van der Waals surface area contributed by atoms with Gasteiger partial charge >= 0.3 is 5.97 Å². The van der Waals surface area contributed by atoms with Crippen LogP contribution in [-0.2, 0) is 34.7 Å². The molecule has 3 aromatic carbocycles. The number of fused-ring (bicyclic) bond motifs is 1. The van der Waals surface area contributed by atoms with E-state index in [1.54, 1.807) is 24.3 Å². The summed E-state index contributed by atoms with van der Waals surface area (Å²) < 4.78 is 29.8. The topological polar surface area (TPSA) is 111 Å². The molecule has 0 aromatic heterocycles. The van der Waals surface area contributed by atoms with Crippen molar-refractivity contribution in [3.63, 3.8) is 0 Å². The Labute approximate surface area is 227 Å². The Bertz CT molecular complexity index is 1370. The highest BCUT2D eigenvalue weighted by Crippen LogP contribution is 2.37. The first kappa shape index (κ1) is 26.2. The number of carbonyl (C=O) groups is 3. The molecule has 2 aliphatic heterocycles. The molecule has 1 saturated heterocycles. The van der Waals surface area contributed by atoms with Crippen molar-refractivity contribution in [1.29, 1.82) is 0 Å². The van der Waals surface area contributed by atoms with Gasteiger partial charge in [0.2, 0.25) is 0 Å². The Balaban J connectivity index is 1.34. The molecule has 5 rings (SSSR count). The number of hydrogen-bond donors (Lipinski definition) is 1. The SMILES string of the molecule is COC1=C(C(=O)OC(c2ccccc2)c2ccccc2)N2C(=O)[C@@H](NC(=O)COc3ccccc3)[C@H]2[S@@](=O)C1. The lowest BCUT2D eigenvalue weighted by Gasteiger charge is -2.48. The Hall–Kier alpha value is -4.44. The Kier molecular flexibility index (Phi) is 7.74. The van der Waals surface area contributed by atoms with Gasteiger partial charge in [-0.05, 0) is 23.3 Å². The number of nitrogens with zero attached hydrogens (tertiary/aromatic N) is 1. The highest BCUT2D eigenvalue weighted by atomic mass is 32.2. The van der Waals surface area contributed by atoms with Crippen LogP contribution >= 0.6 is 0 Å². The number of esters is 1. The van der Waals surface area contributed by atoms with Crippen LogP contribution in [-0.4, -0.2) is 57.8 Å². The highest BCUT2D eigenvalue weighted by molar-refractivity contribution is 7.86. The number of methoxy groups -OCH3 is 1. The minimum absolute atomic E-state index is 0.0833. The molecular weight excluding hydrogens is 520 g/mol. The molecule has 1 N–H and O–H groups in total. The molecule has 0 radical (unpaired) electrons. The van der Waals surface area contributed by atoms with Crippen LogP contribution in [0.25, 0.3) is 0 Å². The number of para-hydroxylation sites is 1. The quantitative estimate of drug-likeness (QED) is 0.325. The second-order valence-electron chi connectivity index (χ2n) is 8.85. The van der Waals surface area contributed by atoms with Gasteiger partial charge in [-0.25, -0.2) is 4.79 Å². The Morgan fingerprint density at radius 3 is 2.08 bits per heavy atom. The zero-order valence-electron chi connectivity index (χ0n) is 21.0. The zero-order chi connectivity index (χ0) is 27.4. The summed E-state index contributed by atoms with van der Waals surface area (Å²) in [4.78, 5) is 40.4. The largest absolute Gasteiger partial charge is 0.498 e. The van der Waals surface area contributed by atoms with Crippen LogP contribution in [0.15, 0.2) is 102 Å². The maximum atomic E-state index is 13.6. The fourth-order valence-corrected chi connectivity index (χ4v) is 6.13. The molecule has 0 saturated carbocycles. The van der Waals surface area contributed by atoms with Crippen LogP contribution in [0.5, 0.6) is 5.75 Å². The lowest BCUT2D eigenvalue weighted by molar-refractivity contribution is -0.155. The minimum Gasteiger partial charge on any atom is -0.498 e. The fourth-order valence-electron chi connectivity index (χ4n) is 4.52. The van der Waals surface area contributed by atoms with Gasteiger partial charge in [0.15, 0.2) is 18.4 Å². The second kappa shape index (κ2) is 11.5. The van der Waals surface area contributed by atoms with Gasteiger partial charge in [-0.2, -0.15) is 0 Å². The second-order valence-corrected chi connectivity index (χ2v) is 10.4. The van der Waals surface area contributed by atoms with Crippen molar-refractivity contribution in [1.82, 2.24) is 10.2 Å². The van der Waals surface area contributed by atoms with E-state index in [9.17, 15) is 18.6 Å². The summed E-state index contributed by atoms with van der Waals surface area (Å²) in [6.45, 7) is -0.322. The Morgan fingerprint density at radius 1 is 0.949 bits per heavy atom. The summed E-state index contributed by atoms with van der Waals surface area (Å²) >= 11 is 0. The van der Waals surface area contributed by atoms with Crippen molar-refractivity contribution in [2.75, 3.05) is 19.5 Å². The number of hydrogen-bond acceptors (Lipinski definition) is 7. The van der Waals surface area contributed by atoms with E-state index in [2.05, 4.69) is 5.32 Å². The van der Waals surface area contributed by atoms with Crippen LogP contribution in [0.4, 0.5) is 0 Å². The first-order valence-corrected chi connectivity index (χ1v) is 13.6. The molecular formula is C29H26N2O7S. The number of rotatable bonds is 9. The average Bonchev–Trinajstić information content (AvgIpc) is 2.98. The number of carbonyl (C=O) groups excluding carboxylic acids is 3. The molecule has 2 aliphatic rings. The number of benzene rings is 3. The third-order valence-corrected chi connectivity index (χ3v) is 7.96. The van der Waals surface area contributed by atoms with E-state index in [1.807, 2.05) is 66.7 Å². The Morgan fingerprint density at radius 2 is 1.51 bits per heavy atom. The van der Waals surface area contributed by atoms with E-state index in [4.69, 9.17) is 14.2 Å². The lowest BCUT2D eigenvalue weighted by atomic mass is 10.0. The standard InChI is InChI=1S/C29H26N2O7S/c1-36-22-18-39(35)28-24(30-23(32)17-37-21-15-9-4-10-16-21)27(33)31(28)25(22)29(34)38-26(19-11-5-2-6-12-19)20-13-7-3-8-14-20/h2-16,24,26,28H,17-18H2,1H3,(H,30,32)/t24-,28-,39+/m1/s1. The maximum absolute atomic E-state index is 13.6. The zero-order valence-corrected chi connectivity index (χ0v) is 21.8. The maximum Gasteiger partial charge on any atom is 0.359 e. The first-order valence-electron chi connectivity index (χ1n) is 12.2. The van der Waals surface area contributed by atoms with Crippen molar-refractivity contribution in [3.05, 3.63) is 114 Å². The van der Waals surface area contributed by atoms with Gasteiger partial charge in [0.1, 0.15) is 22.9 Å². The van der Waals surface area contributed by atoms with E-state index < -0.39 is 46.1 Å². The van der Waals surface area contributed by atoms with E-state index in [0.717, 1.165) is 16.0 Å². The summed E-state index contributed by atoms with van der Waals surface area (Å²) in [7, 11) is -0.285. The van der Waals surface area contributed by atoms with E-state index in [1.165, 1.54) is 7.11 Å². The summed E-state index contributed by atoms with van der Waals surface area (Å²) in [6.07, 6.45) is -0.751. The number of β-lactam (4-membered cyclic amide) rings is 1. The predicted octanol–water partition coefficient (Wildman–Crippen LogP) is 2.67. The number of nitrogens with one attached hydrogen (secondary N) is 1. The van der Waals surface area contributed by atoms with Crippen molar-refractivity contribution in [3.8, 4) is 5.75 Å². The van der Waals surface area contributed by atoms with Crippen LogP contribution < -0.4 is 10.1 Å². The molecule has 0 aliphatic carbocycles. The highest BCUT2D eigenvalue weighted by Gasteiger charge is 2.58. The van der Waals surface area contributed by atoms with Crippen molar-refractivity contribution in [2.24, 2.45) is 0 Å². The normalized spacial score (nSPS) is 20.1. The molecule has 0 spiro atoms. The molecule has 2 heterocycles. The van der Waals surface area contributed by atoms with Crippen LogP contribution in [0.1, 0.15) is 17.2 Å². The van der Waals surface area contributed by atoms with E-state index in [0.29, 0.717) is 5.75 Å². The molecule has 9 nitrogen and oxygen atoms in total. The van der Waals surface area contributed by atoms with Gasteiger partial charge in [0.05, 0.1) is 23.7 Å². The monoisotopic (exact) mass is 546 g/mol. The third-order valence-electron chi connectivity index (χ3n) is 6.39. The average molecular weight is 547 g/mol. The van der Waals surface area contributed by atoms with Crippen molar-refractivity contribution < 1.29 is 32.8 Å². The molecule has 3 atom stereocenters. The van der Waals surface area contributed by atoms with Crippen LogP contribution in [0, 0.1) is 0 Å². The summed E-state index contributed by atoms with van der Waals surface area (Å²) in [5, 5.41) is 1.65. The summed E-state index contributed by atoms with van der Waals surface area (Å²) in [5.41, 5.74) is 1.37. The first-order chi connectivity index (χ1) is 19.0. The van der Waals surface area contributed by atoms with E-state index >= 15 is 0 Å². The smallest absolute Gasteiger partial charge is 0.359 e. The fraction of sp³-hybridized carbons (Fsp3) is 0.207. The van der Waals surface area contributed by atoms with Crippen LogP contribution in [0.3, 0.4) is 0 Å². The van der Waals surface area contributed by atoms with Crippen molar-refractivity contribution >= 4 is 28.6 Å². The molecule has 3 aromatic rings. The van der Waals surface area contributed by atoms with Gasteiger partial charge in [-0.3, -0.25) is 18.7 Å². The predicted molar refractivity (Wildman–Crippen MR) is 142 cm³/mol. The molecule has 1 fully saturated rings. The summed E-state index contributed by atoms with van der Waals surface area (Å²) in [6, 6.07) is 26.1. The molecule has 0 unspecified atom stereocenters. The van der Waals surface area contributed by atoms with E-state index in [-0.39, 0.29) is 23.8 Å². The number of ether oxygens (including phenoxy) is 3. The summed E-state index contributed by atoms with van der Waals surface area (Å²) in [5.74, 6) is -1.45. The van der Waals surface area contributed by atoms with Crippen LogP contribution in [0.2, 0.25) is 0 Å². The van der Waals surface area contributed by atoms with Gasteiger partial charge in [0, 0.05) is 0 Å². The lowest BCUT2D eigenvalue weighted by Crippen LogP contribution is -2.74. The molecule has 0 bridgehead atoms. The van der Waals surface area contributed by atoms with Gasteiger partial charge < -0.3 is 19.5 Å². The van der Waals surface area contributed by atoms with Gasteiger partial charge in [-0.1, -0.05) is 78.9 Å². The van der Waals surface area contributed by atoms with Gasteiger partial charge in [-0.15, -0.1) is 0 Å². The third kappa shape index (κ3) is 5.42. The molecule has 39 heavy (non-hydrogen) atoms. The molecule has 200 valence electrons. The minimum atomic E-state index is -1.63. The van der Waals surface area contributed by atoms with Crippen molar-refractivity contribution in [2.45, 2.75) is 17.5 Å².